The number of rotatable bonds is 7. The molecule has 0 unspecified atom stereocenters. The maximum atomic E-state index is 12.5. The average molecular weight is 438 g/mol. The first-order valence-electron chi connectivity index (χ1n) is 10.0. The number of aromatic nitrogens is 3. The van der Waals surface area contributed by atoms with Gasteiger partial charge in [0.1, 0.15) is 0 Å². The summed E-state index contributed by atoms with van der Waals surface area (Å²) < 4.78 is 1.80. The predicted molar refractivity (Wildman–Crippen MR) is 123 cm³/mol. The Morgan fingerprint density at radius 2 is 1.77 bits per heavy atom. The summed E-state index contributed by atoms with van der Waals surface area (Å²) >= 11 is 1.30. The molecule has 0 radical (unpaired) electrons. The van der Waals surface area contributed by atoms with Gasteiger partial charge in [0.25, 0.3) is 5.91 Å². The summed E-state index contributed by atoms with van der Waals surface area (Å²) in [4.78, 5) is 24.9. The maximum absolute atomic E-state index is 12.5. The molecule has 3 rings (SSSR count). The molecule has 2 aromatic carbocycles. The normalized spacial score (nSPS) is 11.8. The molecule has 1 heterocycles. The predicted octanol–water partition coefficient (Wildman–Crippen LogP) is 3.96. The highest BCUT2D eigenvalue weighted by Gasteiger charge is 2.19. The van der Waals surface area contributed by atoms with E-state index in [1.807, 2.05) is 65.1 Å². The van der Waals surface area contributed by atoms with Gasteiger partial charge in [-0.3, -0.25) is 9.59 Å². The first-order valence-corrected chi connectivity index (χ1v) is 11.0. The highest BCUT2D eigenvalue weighted by molar-refractivity contribution is 7.99. The minimum absolute atomic E-state index is 0.107. The second-order valence-corrected chi connectivity index (χ2v) is 8.49. The van der Waals surface area contributed by atoms with E-state index in [0.29, 0.717) is 16.5 Å². The number of nitrogens with one attached hydrogen (secondary N) is 2. The van der Waals surface area contributed by atoms with Crippen LogP contribution in [-0.4, -0.2) is 32.3 Å². The van der Waals surface area contributed by atoms with Crippen LogP contribution in [0.5, 0.6) is 0 Å². The van der Waals surface area contributed by atoms with E-state index in [-0.39, 0.29) is 23.6 Å². The summed E-state index contributed by atoms with van der Waals surface area (Å²) in [6, 6.07) is 12.9. The van der Waals surface area contributed by atoms with E-state index in [4.69, 9.17) is 0 Å². The van der Waals surface area contributed by atoms with Crippen LogP contribution in [0.1, 0.15) is 45.8 Å². The van der Waals surface area contributed by atoms with E-state index in [9.17, 15) is 9.59 Å². The van der Waals surface area contributed by atoms with E-state index in [1.165, 1.54) is 11.8 Å². The molecular formula is C23H27N5O2S. The molecule has 2 amide bonds. The van der Waals surface area contributed by atoms with Crippen molar-refractivity contribution in [1.82, 2.24) is 20.1 Å². The topological polar surface area (TPSA) is 88.9 Å². The van der Waals surface area contributed by atoms with Gasteiger partial charge in [-0.1, -0.05) is 41.6 Å². The zero-order chi connectivity index (χ0) is 22.5. The van der Waals surface area contributed by atoms with E-state index in [2.05, 4.69) is 20.8 Å². The molecule has 7 nitrogen and oxygen atoms in total. The molecule has 0 saturated heterocycles. The number of benzene rings is 2. The third-order valence-corrected chi connectivity index (χ3v) is 6.15. The van der Waals surface area contributed by atoms with Gasteiger partial charge in [-0.15, -0.1) is 10.2 Å². The number of hydrogen-bond donors (Lipinski definition) is 2. The van der Waals surface area contributed by atoms with Gasteiger partial charge in [-0.2, -0.15) is 0 Å². The highest BCUT2D eigenvalue weighted by Crippen LogP contribution is 2.21. The van der Waals surface area contributed by atoms with Crippen LogP contribution in [0.2, 0.25) is 0 Å². The Bertz CT molecular complexity index is 1090. The smallest absolute Gasteiger partial charge is 0.251 e. The lowest BCUT2D eigenvalue weighted by atomic mass is 10.1. The number of anilines is 1. The molecule has 31 heavy (non-hydrogen) atoms. The van der Waals surface area contributed by atoms with Crippen molar-refractivity contribution in [3.8, 4) is 0 Å². The van der Waals surface area contributed by atoms with Gasteiger partial charge in [0.2, 0.25) is 5.91 Å². The van der Waals surface area contributed by atoms with Crippen molar-refractivity contribution in [2.45, 2.75) is 38.9 Å². The van der Waals surface area contributed by atoms with Crippen molar-refractivity contribution in [1.29, 1.82) is 0 Å². The van der Waals surface area contributed by atoms with Gasteiger partial charge in [0.05, 0.1) is 11.8 Å². The fourth-order valence-corrected chi connectivity index (χ4v) is 3.80. The van der Waals surface area contributed by atoms with Crippen LogP contribution in [-0.2, 0) is 11.8 Å². The fourth-order valence-electron chi connectivity index (χ4n) is 3.08. The second kappa shape index (κ2) is 9.78. The number of aryl methyl sites for hydroxylation is 2. The molecule has 162 valence electrons. The van der Waals surface area contributed by atoms with Gasteiger partial charge in [0.15, 0.2) is 11.0 Å². The highest BCUT2D eigenvalue weighted by atomic mass is 32.2. The molecule has 2 N–H and O–H groups in total. The summed E-state index contributed by atoms with van der Waals surface area (Å²) in [5.41, 5.74) is 4.69. The van der Waals surface area contributed by atoms with Gasteiger partial charge >= 0.3 is 0 Å². The Morgan fingerprint density at radius 3 is 2.48 bits per heavy atom. The van der Waals surface area contributed by atoms with Crippen molar-refractivity contribution in [3.63, 3.8) is 0 Å². The maximum Gasteiger partial charge on any atom is 0.251 e. The van der Waals surface area contributed by atoms with Crippen molar-refractivity contribution in [3.05, 3.63) is 70.5 Å². The number of hydrogen-bond acceptors (Lipinski definition) is 5. The van der Waals surface area contributed by atoms with Crippen LogP contribution in [0, 0.1) is 20.8 Å². The first-order chi connectivity index (χ1) is 14.8. The number of carbonyl (C=O) groups excluding carboxylic acids is 2. The molecule has 1 atom stereocenters. The zero-order valence-electron chi connectivity index (χ0n) is 18.4. The Hall–Kier alpha value is -3.13. The summed E-state index contributed by atoms with van der Waals surface area (Å²) in [6.45, 7) is 7.84. The molecule has 0 aliphatic heterocycles. The molecular weight excluding hydrogens is 410 g/mol. The van der Waals surface area contributed by atoms with Crippen LogP contribution in [0.25, 0.3) is 0 Å². The molecule has 0 aliphatic rings. The summed E-state index contributed by atoms with van der Waals surface area (Å²) in [6.07, 6.45) is 0. The zero-order valence-corrected chi connectivity index (χ0v) is 19.2. The third kappa shape index (κ3) is 5.52. The fraction of sp³-hybridized carbons (Fsp3) is 0.304. The molecule has 8 heteroatoms. The summed E-state index contributed by atoms with van der Waals surface area (Å²) in [5, 5.41) is 14.9. The van der Waals surface area contributed by atoms with Crippen LogP contribution in [0.15, 0.2) is 47.6 Å². The quantitative estimate of drug-likeness (QED) is 0.546. The van der Waals surface area contributed by atoms with Crippen LogP contribution >= 0.6 is 11.8 Å². The monoisotopic (exact) mass is 437 g/mol. The van der Waals surface area contributed by atoms with Crippen molar-refractivity contribution in [2.24, 2.45) is 7.05 Å². The van der Waals surface area contributed by atoms with E-state index >= 15 is 0 Å². The Balaban J connectivity index is 1.59. The molecule has 0 spiro atoms. The molecule has 0 aliphatic carbocycles. The molecule has 0 saturated carbocycles. The summed E-state index contributed by atoms with van der Waals surface area (Å²) in [7, 11) is 1.83. The summed E-state index contributed by atoms with van der Waals surface area (Å²) in [5.74, 6) is 0.559. The van der Waals surface area contributed by atoms with Crippen LogP contribution < -0.4 is 10.6 Å². The number of nitrogens with zero attached hydrogens (tertiary/aromatic N) is 3. The van der Waals surface area contributed by atoms with Crippen molar-refractivity contribution in [2.75, 3.05) is 11.1 Å². The lowest BCUT2D eigenvalue weighted by Gasteiger charge is -2.14. The first kappa shape index (κ1) is 22.6. The molecule has 0 bridgehead atoms. The van der Waals surface area contributed by atoms with Crippen LogP contribution in [0.4, 0.5) is 5.69 Å². The van der Waals surface area contributed by atoms with E-state index in [1.54, 1.807) is 16.7 Å². The largest absolute Gasteiger partial charge is 0.342 e. The van der Waals surface area contributed by atoms with E-state index < -0.39 is 0 Å². The average Bonchev–Trinajstić information content (AvgIpc) is 3.11. The minimum Gasteiger partial charge on any atom is -0.342 e. The van der Waals surface area contributed by atoms with Crippen molar-refractivity contribution < 1.29 is 9.59 Å². The third-order valence-electron chi connectivity index (χ3n) is 5.13. The van der Waals surface area contributed by atoms with Crippen LogP contribution in [0.3, 0.4) is 0 Å². The lowest BCUT2D eigenvalue weighted by molar-refractivity contribution is -0.113. The molecule has 0 fully saturated rings. The molecule has 3 aromatic rings. The van der Waals surface area contributed by atoms with E-state index in [0.717, 1.165) is 22.4 Å². The van der Waals surface area contributed by atoms with Gasteiger partial charge in [-0.25, -0.2) is 0 Å². The standard InChI is InChI=1S/C23H27N5O2S/c1-14-9-11-18(12-10-14)22(30)24-17(4)21-26-27-23(28(21)5)31-13-20(29)25-19-8-6-7-15(2)16(19)3/h6-12,17H,13H2,1-5H3,(H,24,30)(H,25,29)/t17-/m1/s1. The second-order valence-electron chi connectivity index (χ2n) is 7.55. The number of thioether (sulfide) groups is 1. The SMILES string of the molecule is Cc1ccc(C(=O)N[C@H](C)c2nnc(SCC(=O)Nc3cccc(C)c3C)n2C)cc1. The van der Waals surface area contributed by atoms with Gasteiger partial charge in [0, 0.05) is 18.3 Å². The Morgan fingerprint density at radius 1 is 1.06 bits per heavy atom. The Kier molecular flexibility index (Phi) is 7.12. The Labute approximate surface area is 186 Å². The van der Waals surface area contributed by atoms with Gasteiger partial charge < -0.3 is 15.2 Å². The molecule has 1 aromatic heterocycles. The lowest BCUT2D eigenvalue weighted by Crippen LogP contribution is -2.28. The van der Waals surface area contributed by atoms with Gasteiger partial charge in [-0.05, 0) is 57.0 Å². The minimum atomic E-state index is -0.329. The number of carbonyl (C=O) groups is 2. The number of amides is 2. The van der Waals surface area contributed by atoms with Crippen molar-refractivity contribution >= 4 is 29.3 Å².